The van der Waals surface area contributed by atoms with Crippen molar-refractivity contribution in [3.05, 3.63) is 461 Å². The third-order valence-electron chi connectivity index (χ3n) is 29.3. The highest BCUT2D eigenvalue weighted by atomic mass is 32.1. The molecule has 0 fully saturated rings. The van der Waals surface area contributed by atoms with Crippen LogP contribution >= 0.6 is 45.3 Å². The number of hydrogen-bond donors (Lipinski definition) is 0. The zero-order valence-electron chi connectivity index (χ0n) is 73.5. The second kappa shape index (κ2) is 30.6. The lowest BCUT2D eigenvalue weighted by Crippen LogP contribution is -1.90. The summed E-state index contributed by atoms with van der Waals surface area (Å²) in [5.41, 5.74) is 12.6. The van der Waals surface area contributed by atoms with E-state index >= 15 is 0 Å². The van der Waals surface area contributed by atoms with Crippen molar-refractivity contribution >= 4 is 288 Å². The molecule has 0 nitrogen and oxygen atoms in total. The third-order valence-corrected chi connectivity index (χ3v) is 33.8. The van der Waals surface area contributed by atoms with E-state index in [0.29, 0.717) is 0 Å². The van der Waals surface area contributed by atoms with Crippen molar-refractivity contribution in [2.75, 3.05) is 0 Å². The molecule has 0 radical (unpaired) electrons. The van der Waals surface area contributed by atoms with Crippen molar-refractivity contribution in [1.29, 1.82) is 0 Å². The van der Waals surface area contributed by atoms with Crippen LogP contribution < -0.4 is 0 Å². The first-order valence-corrected chi connectivity index (χ1v) is 50.1. The minimum atomic E-state index is 1.24. The van der Waals surface area contributed by atoms with E-state index in [1.807, 2.05) is 45.3 Å². The van der Waals surface area contributed by atoms with Crippen LogP contribution in [0.2, 0.25) is 0 Å². The van der Waals surface area contributed by atoms with E-state index in [2.05, 4.69) is 461 Å². The molecule has 4 aromatic heterocycles. The van der Waals surface area contributed by atoms with Crippen molar-refractivity contribution < 1.29 is 0 Å². The Balaban J connectivity index is 0.0000000999. The van der Waals surface area contributed by atoms with E-state index in [9.17, 15) is 0 Å². The molecule has 31 aromatic rings. The van der Waals surface area contributed by atoms with Crippen molar-refractivity contribution in [3.8, 4) is 55.6 Å². The van der Waals surface area contributed by atoms with E-state index in [1.54, 1.807) is 0 Å². The van der Waals surface area contributed by atoms with Crippen LogP contribution in [-0.2, 0) is 0 Å². The first-order valence-electron chi connectivity index (χ1n) is 46.8. The molecule has 0 unspecified atom stereocenters. The van der Waals surface area contributed by atoms with Crippen molar-refractivity contribution in [1.82, 2.24) is 0 Å². The SMILES string of the molecule is c1ccc(-c2ccc3c(c2)c2ccccc2c2c4ccc(-c5ccc6c(c5)sc5ccccc56)cc4c4ccccc4c32)cc1.c1ccc2c(c1)sc1cc(-c3ccc4c(c3)c3ccccc3c3c5ccc(-c6ccc7c(c6)sc6ccccc67)cc5c5ccccc5c43)ccc12.c1ccc2c(c1)sc1cc(-c3ccc4c(c3)c3ccccc3c3c5ccccc5c5ccccc5c43)ccc12. The van der Waals surface area contributed by atoms with Crippen LogP contribution in [0, 0.1) is 0 Å². The number of hydrogen-bond acceptors (Lipinski definition) is 4. The highest BCUT2D eigenvalue weighted by Gasteiger charge is 2.24. The van der Waals surface area contributed by atoms with Gasteiger partial charge in [-0.05, 0) is 296 Å². The predicted octanol–water partition coefficient (Wildman–Crippen LogP) is 40.2. The second-order valence-electron chi connectivity index (χ2n) is 36.5. The summed E-state index contributed by atoms with van der Waals surface area (Å²) in [6.07, 6.45) is 0. The maximum atomic E-state index is 2.43. The number of thiophene rings is 4. The predicted molar refractivity (Wildman–Crippen MR) is 601 cm³/mol. The third kappa shape index (κ3) is 12.0. The highest BCUT2D eigenvalue weighted by Crippen LogP contribution is 2.52. The van der Waals surface area contributed by atoms with Gasteiger partial charge in [0.05, 0.1) is 0 Å². The van der Waals surface area contributed by atoms with Gasteiger partial charge in [0.2, 0.25) is 0 Å². The minimum Gasteiger partial charge on any atom is -0.135 e. The molecule has 31 rings (SSSR count). The lowest BCUT2D eigenvalue weighted by Gasteiger charge is -2.18. The smallest absolute Gasteiger partial charge is 0.0361 e. The van der Waals surface area contributed by atoms with Crippen LogP contribution in [-0.4, -0.2) is 0 Å². The molecular weight excluding hydrogens is 1710 g/mol. The fraction of sp³-hybridized carbons (Fsp3) is 0. The van der Waals surface area contributed by atoms with Gasteiger partial charge in [-0.2, -0.15) is 0 Å². The maximum Gasteiger partial charge on any atom is 0.0361 e. The van der Waals surface area contributed by atoms with Gasteiger partial charge in [0, 0.05) is 80.7 Å². The molecule has 0 aliphatic rings. The average Bonchev–Trinajstić information content (AvgIpc) is 0.900. The first kappa shape index (κ1) is 77.3. The van der Waals surface area contributed by atoms with Crippen molar-refractivity contribution in [2.45, 2.75) is 0 Å². The fourth-order valence-electron chi connectivity index (χ4n) is 23.1. The molecule has 0 aliphatic heterocycles. The first-order chi connectivity index (χ1) is 67.4. The summed E-state index contributed by atoms with van der Waals surface area (Å²) >= 11 is 7.53. The molecule has 0 N–H and O–H groups in total. The molecular formula is C132H76S4. The number of fused-ring (bicyclic) bond motifs is 45. The Bertz CT molecular complexity index is 10400. The summed E-state index contributed by atoms with van der Waals surface area (Å²) in [4.78, 5) is 0. The van der Waals surface area contributed by atoms with Gasteiger partial charge < -0.3 is 0 Å². The molecule has 0 saturated carbocycles. The van der Waals surface area contributed by atoms with Gasteiger partial charge in [-0.1, -0.05) is 382 Å². The Morgan fingerprint density at radius 3 is 0.434 bits per heavy atom. The highest BCUT2D eigenvalue weighted by molar-refractivity contribution is 7.27. The lowest BCUT2D eigenvalue weighted by atomic mass is 9.85. The molecule has 0 aliphatic carbocycles. The Hall–Kier alpha value is -16.3. The number of benzene rings is 27. The van der Waals surface area contributed by atoms with Gasteiger partial charge in [0.25, 0.3) is 0 Å². The largest absolute Gasteiger partial charge is 0.135 e. The van der Waals surface area contributed by atoms with E-state index in [0.717, 1.165) is 0 Å². The molecule has 27 aromatic carbocycles. The van der Waals surface area contributed by atoms with Crippen molar-refractivity contribution in [2.24, 2.45) is 0 Å². The summed E-state index contributed by atoms with van der Waals surface area (Å²) in [5.74, 6) is 0. The average molecular weight is 1790 g/mol. The van der Waals surface area contributed by atoms with E-state index in [4.69, 9.17) is 0 Å². The van der Waals surface area contributed by atoms with E-state index < -0.39 is 0 Å². The normalized spacial score (nSPS) is 12.1. The van der Waals surface area contributed by atoms with Crippen LogP contribution in [0.4, 0.5) is 0 Å². The molecule has 0 atom stereocenters. The minimum absolute atomic E-state index is 1.24. The van der Waals surface area contributed by atoms with Crippen LogP contribution in [0.25, 0.3) is 298 Å². The Kier molecular flexibility index (Phi) is 17.4. The van der Waals surface area contributed by atoms with E-state index in [-0.39, 0.29) is 0 Å². The topological polar surface area (TPSA) is 0 Å². The fourth-order valence-corrected chi connectivity index (χ4v) is 27.7. The Labute approximate surface area is 797 Å². The summed E-state index contributed by atoms with van der Waals surface area (Å²) in [5, 5.41) is 50.2. The molecule has 0 bridgehead atoms. The summed E-state index contributed by atoms with van der Waals surface area (Å²) in [6.45, 7) is 0. The zero-order valence-corrected chi connectivity index (χ0v) is 76.8. The van der Waals surface area contributed by atoms with Gasteiger partial charge in [-0.3, -0.25) is 0 Å². The molecule has 4 heteroatoms. The van der Waals surface area contributed by atoms with Gasteiger partial charge in [0.1, 0.15) is 0 Å². The van der Waals surface area contributed by atoms with Crippen LogP contribution in [0.5, 0.6) is 0 Å². The van der Waals surface area contributed by atoms with Gasteiger partial charge in [-0.15, -0.1) is 45.3 Å². The molecule has 0 amide bonds. The van der Waals surface area contributed by atoms with Crippen LogP contribution in [0.15, 0.2) is 461 Å². The molecule has 4 heterocycles. The molecule has 0 saturated heterocycles. The Morgan fingerprint density at radius 1 is 0.0809 bits per heavy atom. The van der Waals surface area contributed by atoms with Crippen LogP contribution in [0.1, 0.15) is 0 Å². The monoisotopic (exact) mass is 1790 g/mol. The Morgan fingerprint density at radius 2 is 0.221 bits per heavy atom. The quantitative estimate of drug-likeness (QED) is 0.151. The van der Waals surface area contributed by atoms with E-state index in [1.165, 1.54) is 298 Å². The lowest BCUT2D eigenvalue weighted by molar-refractivity contribution is 1.65. The van der Waals surface area contributed by atoms with Gasteiger partial charge >= 0.3 is 0 Å². The van der Waals surface area contributed by atoms with Crippen molar-refractivity contribution in [3.63, 3.8) is 0 Å². The zero-order chi connectivity index (χ0) is 88.9. The molecule has 628 valence electrons. The number of rotatable bonds is 5. The summed E-state index contributed by atoms with van der Waals surface area (Å²) in [6, 6.07) is 172. The maximum absolute atomic E-state index is 2.43. The summed E-state index contributed by atoms with van der Waals surface area (Å²) < 4.78 is 10.7. The molecule has 136 heavy (non-hydrogen) atoms. The molecule has 0 spiro atoms. The second-order valence-corrected chi connectivity index (χ2v) is 40.8. The van der Waals surface area contributed by atoms with Gasteiger partial charge in [-0.25, -0.2) is 0 Å². The summed E-state index contributed by atoms with van der Waals surface area (Å²) in [7, 11) is 0. The van der Waals surface area contributed by atoms with Gasteiger partial charge in [0.15, 0.2) is 0 Å². The van der Waals surface area contributed by atoms with Crippen LogP contribution in [0.3, 0.4) is 0 Å². The standard InChI is InChI=1S/C50H28S2.C44H26S.C38H22S/c1-3-13-39-33(9-1)43-25-29(31-17-21-37-35-11-5-7-15-45(35)51-47(37)27-31)19-23-41(43)50-40-14-4-2-10-34(40)44-26-30(20-24-42(44)49(39)50)32-18-22-38-36-12-6-8-16-46(36)52-48(38)28-32;1-2-10-27(11-3-1)28-19-22-37-39(24-28)31-12-4-6-15-35(31)44-38-23-20-29(25-40(38)32-13-5-7-16-36(32)43(37)44)30-18-21-34-33-14-8-9-17-41(33)45-42(34)26-30;1-4-13-30-25(9-1)26-10-2-5-14-31(26)38-33-20-18-23(21-34(33)27-11-3-6-15-32(27)37(30)38)24-17-19-29-28-12-7-8-16-35(28)39-36(29)22-24/h1-28H;1-26H;1-22H.